The third-order valence-electron chi connectivity index (χ3n) is 9.71. The summed E-state index contributed by atoms with van der Waals surface area (Å²) in [6.07, 6.45) is 8.33. The van der Waals surface area contributed by atoms with E-state index in [1.54, 1.807) is 7.11 Å². The van der Waals surface area contributed by atoms with E-state index in [4.69, 9.17) is 13.9 Å². The highest BCUT2D eigenvalue weighted by Gasteiger charge is 2.74. The molecule has 0 unspecified atom stereocenters. The lowest BCUT2D eigenvalue weighted by Gasteiger charge is -2.46. The van der Waals surface area contributed by atoms with Gasteiger partial charge in [0.15, 0.2) is 8.32 Å². The summed E-state index contributed by atoms with van der Waals surface area (Å²) in [7, 11) is 0.0551. The first-order valence-electron chi connectivity index (χ1n) is 13.7. The van der Waals surface area contributed by atoms with Crippen LogP contribution in [-0.2, 0) is 15.8 Å². The molecule has 0 heterocycles. The van der Waals surface area contributed by atoms with Crippen LogP contribution in [0.3, 0.4) is 0 Å². The van der Waals surface area contributed by atoms with Crippen molar-refractivity contribution in [1.29, 1.82) is 0 Å². The molecule has 1 aromatic carbocycles. The fraction of sp³-hybridized carbons (Fsp3) is 0.613. The first-order valence-corrected chi connectivity index (χ1v) is 16.2. The molecule has 0 radical (unpaired) electrons. The average molecular weight is 513 g/mol. The zero-order valence-electron chi connectivity index (χ0n) is 23.4. The van der Waals surface area contributed by atoms with Crippen molar-refractivity contribution in [3.05, 3.63) is 66.8 Å². The third kappa shape index (κ3) is 4.92. The minimum absolute atomic E-state index is 0.128. The SMILES string of the molecule is C=C[C@@]12CC[C@@H]([C@@H](OCc3ccc(OC)cc3)[C@]1(O)/C=C\C(=C)CCO[Si](CC)(CC)CC)C2(C)C. The molecule has 2 fully saturated rings. The highest BCUT2D eigenvalue weighted by molar-refractivity contribution is 6.73. The molecular formula is C31H48O4Si. The molecule has 2 aliphatic rings. The van der Waals surface area contributed by atoms with Crippen molar-refractivity contribution in [2.45, 2.75) is 90.3 Å². The molecule has 1 N–H and O–H groups in total. The summed E-state index contributed by atoms with van der Waals surface area (Å²) in [6.45, 7) is 20.9. The number of benzene rings is 1. The van der Waals surface area contributed by atoms with Crippen molar-refractivity contribution >= 4 is 8.32 Å². The topological polar surface area (TPSA) is 47.9 Å². The maximum absolute atomic E-state index is 12.3. The van der Waals surface area contributed by atoms with E-state index in [0.717, 1.165) is 54.3 Å². The van der Waals surface area contributed by atoms with E-state index >= 15 is 0 Å². The van der Waals surface area contributed by atoms with Gasteiger partial charge in [-0.2, -0.15) is 0 Å². The lowest BCUT2D eigenvalue weighted by molar-refractivity contribution is -0.133. The highest BCUT2D eigenvalue weighted by Crippen LogP contribution is 2.71. The average Bonchev–Trinajstić information content (AvgIpc) is 3.23. The van der Waals surface area contributed by atoms with Gasteiger partial charge in [0.25, 0.3) is 0 Å². The Morgan fingerprint density at radius 2 is 1.78 bits per heavy atom. The standard InChI is InChI=1S/C31H48O4Si/c1-9-30-20-18-27(29(30,6)7)28(34-23-25-13-15-26(33-8)16-14-25)31(30,32)21-17-24(5)19-22-35-36(10-2,11-3)12-4/h9,13-17,21,27-28,32H,1,5,10-12,18-20,22-23H2,2-4,6-8H3/b21-17-/t27-,28+,30-,31+/m0/s1. The van der Waals surface area contributed by atoms with Gasteiger partial charge in [0.2, 0.25) is 0 Å². The summed E-state index contributed by atoms with van der Waals surface area (Å²) in [4.78, 5) is 0. The Kier molecular flexibility index (Phi) is 9.14. The number of fused-ring (bicyclic) bond motifs is 2. The Balaban J connectivity index is 1.77. The van der Waals surface area contributed by atoms with Crippen molar-refractivity contribution in [2.24, 2.45) is 16.7 Å². The molecule has 2 saturated carbocycles. The van der Waals surface area contributed by atoms with Gasteiger partial charge in [0.05, 0.1) is 19.8 Å². The molecule has 36 heavy (non-hydrogen) atoms. The van der Waals surface area contributed by atoms with E-state index in [9.17, 15) is 5.11 Å². The Morgan fingerprint density at radius 1 is 1.14 bits per heavy atom. The third-order valence-corrected chi connectivity index (χ3v) is 14.4. The fourth-order valence-electron chi connectivity index (χ4n) is 6.91. The number of hydrogen-bond donors (Lipinski definition) is 1. The van der Waals surface area contributed by atoms with E-state index in [0.29, 0.717) is 13.2 Å². The van der Waals surface area contributed by atoms with Crippen molar-refractivity contribution in [2.75, 3.05) is 13.7 Å². The predicted octanol–water partition coefficient (Wildman–Crippen LogP) is 7.46. The van der Waals surface area contributed by atoms with E-state index in [2.05, 4.69) is 47.8 Å². The van der Waals surface area contributed by atoms with E-state index in [1.165, 1.54) is 0 Å². The normalized spacial score (nSPS) is 29.1. The molecule has 2 aliphatic carbocycles. The number of rotatable bonds is 14. The molecule has 0 saturated heterocycles. The summed E-state index contributed by atoms with van der Waals surface area (Å²) >= 11 is 0. The summed E-state index contributed by atoms with van der Waals surface area (Å²) in [5, 5.41) is 12.3. The number of allylic oxidation sites excluding steroid dienone is 1. The molecule has 4 atom stereocenters. The van der Waals surface area contributed by atoms with Crippen LogP contribution in [0, 0.1) is 16.7 Å². The minimum Gasteiger partial charge on any atom is -0.497 e. The summed E-state index contributed by atoms with van der Waals surface area (Å²) in [5.74, 6) is 1.06. The van der Waals surface area contributed by atoms with E-state index < -0.39 is 19.3 Å². The molecule has 0 amide bonds. The van der Waals surface area contributed by atoms with Gasteiger partial charge in [-0.15, -0.1) is 6.58 Å². The van der Waals surface area contributed by atoms with Crippen molar-refractivity contribution in [3.8, 4) is 5.75 Å². The molecule has 0 aliphatic heterocycles. The van der Waals surface area contributed by atoms with Crippen LogP contribution in [0.1, 0.15) is 59.4 Å². The molecule has 200 valence electrons. The van der Waals surface area contributed by atoms with Gasteiger partial charge in [-0.05, 0) is 72.5 Å². The van der Waals surface area contributed by atoms with Crippen LogP contribution in [0.5, 0.6) is 5.75 Å². The van der Waals surface area contributed by atoms with Crippen LogP contribution in [0.15, 0.2) is 61.2 Å². The second-order valence-corrected chi connectivity index (χ2v) is 16.1. The lowest BCUT2D eigenvalue weighted by Crippen LogP contribution is -2.53. The van der Waals surface area contributed by atoms with Crippen LogP contribution < -0.4 is 4.74 Å². The van der Waals surface area contributed by atoms with Gasteiger partial charge in [-0.3, -0.25) is 0 Å². The molecule has 2 bridgehead atoms. The quantitative estimate of drug-likeness (QED) is 0.160. The maximum Gasteiger partial charge on any atom is 0.191 e. The Bertz CT molecular complexity index is 924. The van der Waals surface area contributed by atoms with Gasteiger partial charge in [-0.1, -0.05) is 71.1 Å². The zero-order valence-corrected chi connectivity index (χ0v) is 24.4. The van der Waals surface area contributed by atoms with Crippen molar-refractivity contribution in [1.82, 2.24) is 0 Å². The van der Waals surface area contributed by atoms with E-state index in [1.807, 2.05) is 42.5 Å². The molecule has 4 nitrogen and oxygen atoms in total. The maximum atomic E-state index is 12.3. The smallest absolute Gasteiger partial charge is 0.191 e. The van der Waals surface area contributed by atoms with Crippen molar-refractivity contribution < 1.29 is 19.0 Å². The highest BCUT2D eigenvalue weighted by atomic mass is 28.4. The Hall–Kier alpha value is -1.66. The van der Waals surface area contributed by atoms with Crippen LogP contribution in [0.2, 0.25) is 18.1 Å². The van der Waals surface area contributed by atoms with Crippen LogP contribution in [-0.4, -0.2) is 38.8 Å². The van der Waals surface area contributed by atoms with Crippen molar-refractivity contribution in [3.63, 3.8) is 0 Å². The van der Waals surface area contributed by atoms with Crippen LogP contribution in [0.4, 0.5) is 0 Å². The zero-order chi connectivity index (χ0) is 26.6. The monoisotopic (exact) mass is 512 g/mol. The predicted molar refractivity (Wildman–Crippen MR) is 152 cm³/mol. The molecule has 0 spiro atoms. The van der Waals surface area contributed by atoms with E-state index in [-0.39, 0.29) is 17.4 Å². The number of methoxy groups -OCH3 is 1. The molecule has 3 rings (SSSR count). The molecule has 1 aromatic rings. The summed E-state index contributed by atoms with van der Waals surface area (Å²) < 4.78 is 18.2. The largest absolute Gasteiger partial charge is 0.497 e. The molecular weight excluding hydrogens is 464 g/mol. The van der Waals surface area contributed by atoms with Gasteiger partial charge in [-0.25, -0.2) is 0 Å². The summed E-state index contributed by atoms with van der Waals surface area (Å²) in [5.41, 5.74) is 0.316. The summed E-state index contributed by atoms with van der Waals surface area (Å²) in [6, 6.07) is 11.4. The van der Waals surface area contributed by atoms with Crippen LogP contribution >= 0.6 is 0 Å². The second kappa shape index (κ2) is 11.4. The Labute approximate surface area is 220 Å². The van der Waals surface area contributed by atoms with Crippen LogP contribution in [0.25, 0.3) is 0 Å². The molecule has 0 aromatic heterocycles. The second-order valence-electron chi connectivity index (χ2n) is 11.3. The lowest BCUT2D eigenvalue weighted by atomic mass is 9.62. The fourth-order valence-corrected chi connectivity index (χ4v) is 9.56. The Morgan fingerprint density at radius 3 is 2.33 bits per heavy atom. The van der Waals surface area contributed by atoms with Gasteiger partial charge in [0, 0.05) is 12.0 Å². The minimum atomic E-state index is -1.61. The van der Waals surface area contributed by atoms with Gasteiger partial charge >= 0.3 is 0 Å². The number of hydrogen-bond acceptors (Lipinski definition) is 4. The van der Waals surface area contributed by atoms with Gasteiger partial charge in [0.1, 0.15) is 11.4 Å². The molecule has 5 heteroatoms. The first-order chi connectivity index (χ1) is 17.1. The first kappa shape index (κ1) is 28.9. The number of ether oxygens (including phenoxy) is 2. The van der Waals surface area contributed by atoms with Gasteiger partial charge < -0.3 is 19.0 Å². The number of aliphatic hydroxyl groups is 1.